The van der Waals surface area contributed by atoms with E-state index in [9.17, 15) is 0 Å². The van der Waals surface area contributed by atoms with Crippen molar-refractivity contribution in [3.63, 3.8) is 0 Å². The minimum absolute atomic E-state index is 0.592. The van der Waals surface area contributed by atoms with E-state index >= 15 is 0 Å². The summed E-state index contributed by atoms with van der Waals surface area (Å²) in [5.74, 6) is 3.05. The molecular formula is C46H41Br2N. The van der Waals surface area contributed by atoms with Crippen molar-refractivity contribution in [2.45, 2.75) is 87.9 Å². The van der Waals surface area contributed by atoms with Crippen LogP contribution in [0.5, 0.6) is 0 Å². The van der Waals surface area contributed by atoms with Gasteiger partial charge in [0, 0.05) is 25.9 Å². The molecule has 0 radical (unpaired) electrons. The summed E-state index contributed by atoms with van der Waals surface area (Å²) in [4.78, 5) is 2.48. The second kappa shape index (κ2) is 10.7. The Labute approximate surface area is 307 Å². The molecule has 1 nitrogen and oxygen atoms in total. The number of rotatable bonds is 5. The third kappa shape index (κ3) is 4.34. The maximum Gasteiger partial charge on any atom is 0.0546 e. The summed E-state index contributed by atoms with van der Waals surface area (Å²) < 4.78 is 2.19. The van der Waals surface area contributed by atoms with Gasteiger partial charge in [-0.25, -0.2) is 0 Å². The van der Waals surface area contributed by atoms with Crippen molar-refractivity contribution in [2.24, 2.45) is 10.8 Å². The van der Waals surface area contributed by atoms with Crippen LogP contribution in [0, 0.1) is 10.8 Å². The van der Waals surface area contributed by atoms with Crippen LogP contribution in [0.2, 0.25) is 0 Å². The smallest absolute Gasteiger partial charge is 0.0546 e. The maximum absolute atomic E-state index is 3.71. The molecule has 49 heavy (non-hydrogen) atoms. The number of anilines is 3. The van der Waals surface area contributed by atoms with Gasteiger partial charge in [0.25, 0.3) is 0 Å². The monoisotopic (exact) mass is 765 g/mol. The zero-order chi connectivity index (χ0) is 32.5. The fourth-order valence-electron chi connectivity index (χ4n) is 11.9. The first-order valence-electron chi connectivity index (χ1n) is 18.7. The maximum atomic E-state index is 3.71. The fraction of sp³-hybridized carbons (Fsp3) is 0.348. The van der Waals surface area contributed by atoms with Crippen LogP contribution in [0.3, 0.4) is 0 Å². The van der Waals surface area contributed by atoms with Gasteiger partial charge >= 0.3 is 0 Å². The number of hydrogen-bond donors (Lipinski definition) is 0. The highest BCUT2D eigenvalue weighted by molar-refractivity contribution is 9.10. The van der Waals surface area contributed by atoms with Crippen LogP contribution in [-0.4, -0.2) is 0 Å². The second-order valence-corrected chi connectivity index (χ2v) is 18.3. The Morgan fingerprint density at radius 2 is 0.939 bits per heavy atom. The zero-order valence-corrected chi connectivity index (χ0v) is 31.1. The van der Waals surface area contributed by atoms with Crippen LogP contribution in [-0.2, 0) is 0 Å². The second-order valence-electron chi connectivity index (χ2n) is 16.5. The van der Waals surface area contributed by atoms with Gasteiger partial charge in [0.2, 0.25) is 0 Å². The zero-order valence-electron chi connectivity index (χ0n) is 27.9. The first-order chi connectivity index (χ1) is 24.0. The largest absolute Gasteiger partial charge is 0.310 e. The summed E-state index contributed by atoms with van der Waals surface area (Å²) in [6.07, 6.45) is 14.1. The summed E-state index contributed by atoms with van der Waals surface area (Å²) >= 11 is 7.41. The van der Waals surface area contributed by atoms with Crippen LogP contribution < -0.4 is 4.90 Å². The molecule has 0 aromatic heterocycles. The Bertz CT molecular complexity index is 2100. The summed E-state index contributed by atoms with van der Waals surface area (Å²) in [7, 11) is 0. The van der Waals surface area contributed by atoms with Crippen LogP contribution in [0.15, 0.2) is 112 Å². The molecule has 0 amide bonds. The quantitative estimate of drug-likeness (QED) is 0.172. The van der Waals surface area contributed by atoms with Gasteiger partial charge in [0.1, 0.15) is 0 Å². The molecule has 5 aromatic carbocycles. The lowest BCUT2D eigenvalue weighted by Crippen LogP contribution is -2.38. The molecule has 6 aliphatic carbocycles. The molecule has 0 N–H and O–H groups in total. The van der Waals surface area contributed by atoms with E-state index in [-0.39, 0.29) is 0 Å². The average molecular weight is 768 g/mol. The van der Waals surface area contributed by atoms with E-state index < -0.39 is 0 Å². The lowest BCUT2D eigenvalue weighted by molar-refractivity contribution is 0.0879. The molecule has 0 aliphatic heterocycles. The molecule has 6 aliphatic rings. The highest BCUT2D eigenvalue weighted by Crippen LogP contribution is 2.70. The summed E-state index contributed by atoms with van der Waals surface area (Å²) in [6.45, 7) is 0. The summed E-state index contributed by atoms with van der Waals surface area (Å²) in [6, 6.07) is 40.1. The summed E-state index contributed by atoms with van der Waals surface area (Å²) in [5.41, 5.74) is 16.7. The Morgan fingerprint density at radius 1 is 0.469 bits per heavy atom. The SMILES string of the molecule is Brc1ccc(N(c2ccc(Br)cc2)c2cc(-c3ccc4c(c3)C3CCC35CCC4C5)ccc2-c2ccc3c(c2)C2CCC24CCC3C4)cc1. The molecular weight excluding hydrogens is 726 g/mol. The molecule has 0 saturated heterocycles. The van der Waals surface area contributed by atoms with Gasteiger partial charge in [-0.15, -0.1) is 0 Å². The predicted octanol–water partition coefficient (Wildman–Crippen LogP) is 14.3. The Balaban J connectivity index is 1.10. The Kier molecular flexibility index (Phi) is 6.45. The number of hydrogen-bond acceptors (Lipinski definition) is 1. The molecule has 11 rings (SSSR count). The standard InChI is InChI=1S/C46H41Br2N/c47-33-4-8-35(9-5-33)49(36-10-6-34(48)7-11-36)44-25-29(28-1-12-37-31-15-19-45(26-31)21-17-42(45)40(37)23-28)2-14-39(44)30-3-13-38-32-16-20-46(27-32)22-18-43(46)41(38)24-30/h1-14,23-25,31-32,42-43H,15-22,26-27H2. The van der Waals surface area contributed by atoms with E-state index in [4.69, 9.17) is 0 Å². The third-order valence-corrected chi connectivity index (χ3v) is 15.5. The van der Waals surface area contributed by atoms with Crippen LogP contribution >= 0.6 is 31.9 Å². The Hall–Kier alpha value is -3.14. The molecule has 244 valence electrons. The molecule has 5 aromatic rings. The highest BCUT2D eigenvalue weighted by atomic mass is 79.9. The van der Waals surface area contributed by atoms with Crippen molar-refractivity contribution in [2.75, 3.05) is 4.90 Å². The first kappa shape index (κ1) is 29.6. The van der Waals surface area contributed by atoms with Crippen LogP contribution in [0.4, 0.5) is 17.1 Å². The van der Waals surface area contributed by atoms with Gasteiger partial charge in [-0.05, 0) is 192 Å². The molecule has 6 unspecified atom stereocenters. The number of benzene rings is 5. The van der Waals surface area contributed by atoms with Crippen molar-refractivity contribution in [1.82, 2.24) is 0 Å². The van der Waals surface area contributed by atoms with Crippen molar-refractivity contribution in [3.8, 4) is 22.3 Å². The van der Waals surface area contributed by atoms with E-state index in [0.29, 0.717) is 10.8 Å². The molecule has 2 spiro atoms. The molecule has 4 fully saturated rings. The van der Waals surface area contributed by atoms with Gasteiger partial charge in [-0.3, -0.25) is 0 Å². The van der Waals surface area contributed by atoms with Crippen molar-refractivity contribution in [1.29, 1.82) is 0 Å². The van der Waals surface area contributed by atoms with Crippen molar-refractivity contribution in [3.05, 3.63) is 134 Å². The van der Waals surface area contributed by atoms with Gasteiger partial charge in [0.05, 0.1) is 5.69 Å². The minimum Gasteiger partial charge on any atom is -0.310 e. The van der Waals surface area contributed by atoms with E-state index in [1.165, 1.54) is 92.1 Å². The highest BCUT2D eigenvalue weighted by Gasteiger charge is 2.56. The third-order valence-electron chi connectivity index (χ3n) is 14.5. The minimum atomic E-state index is 0.592. The van der Waals surface area contributed by atoms with Gasteiger partial charge in [-0.1, -0.05) is 80.4 Å². The molecule has 0 heterocycles. The van der Waals surface area contributed by atoms with Crippen LogP contribution in [0.1, 0.15) is 110 Å². The van der Waals surface area contributed by atoms with E-state index in [2.05, 4.69) is 140 Å². The predicted molar refractivity (Wildman–Crippen MR) is 209 cm³/mol. The molecule has 4 bridgehead atoms. The van der Waals surface area contributed by atoms with Gasteiger partial charge in [-0.2, -0.15) is 0 Å². The van der Waals surface area contributed by atoms with E-state index in [1.54, 1.807) is 22.3 Å². The van der Waals surface area contributed by atoms with Gasteiger partial charge in [0.15, 0.2) is 0 Å². The number of fused-ring (bicyclic) bond motifs is 8. The van der Waals surface area contributed by atoms with Crippen molar-refractivity contribution >= 4 is 48.9 Å². The van der Waals surface area contributed by atoms with Crippen LogP contribution in [0.25, 0.3) is 22.3 Å². The topological polar surface area (TPSA) is 3.24 Å². The average Bonchev–Trinajstić information content (AvgIpc) is 3.74. The molecule has 6 atom stereocenters. The van der Waals surface area contributed by atoms with Gasteiger partial charge < -0.3 is 4.90 Å². The normalized spacial score (nSPS) is 29.6. The summed E-state index contributed by atoms with van der Waals surface area (Å²) in [5, 5.41) is 0. The van der Waals surface area contributed by atoms with Crippen molar-refractivity contribution < 1.29 is 0 Å². The first-order valence-corrected chi connectivity index (χ1v) is 20.3. The molecule has 3 heteroatoms. The fourth-order valence-corrected chi connectivity index (χ4v) is 12.4. The number of halogens is 2. The lowest BCUT2D eigenvalue weighted by Gasteiger charge is -2.51. The Morgan fingerprint density at radius 3 is 1.47 bits per heavy atom. The number of nitrogens with zero attached hydrogens (tertiary/aromatic N) is 1. The van der Waals surface area contributed by atoms with E-state index in [1.807, 2.05) is 0 Å². The van der Waals surface area contributed by atoms with E-state index in [0.717, 1.165) is 44.0 Å². The lowest BCUT2D eigenvalue weighted by atomic mass is 9.53. The molecule has 4 saturated carbocycles.